The lowest BCUT2D eigenvalue weighted by molar-refractivity contribution is 0.574. The minimum absolute atomic E-state index is 0.300. The van der Waals surface area contributed by atoms with Crippen molar-refractivity contribution in [1.82, 2.24) is 15.0 Å². The molecule has 0 aliphatic carbocycles. The van der Waals surface area contributed by atoms with E-state index in [1.54, 1.807) is 30.6 Å². The minimum Gasteiger partial charge on any atom is -0.313 e. The molecule has 0 saturated heterocycles. The maximum absolute atomic E-state index is 12.6. The van der Waals surface area contributed by atoms with Gasteiger partial charge < -0.3 is 5.32 Å². The van der Waals surface area contributed by atoms with Crippen molar-refractivity contribution in [2.24, 2.45) is 0 Å². The SMILES string of the molecule is O=S(=O)(NCCCCNC/C=C/c1ccc(Br)cc1)c1cccc2cnccc12. The van der Waals surface area contributed by atoms with E-state index in [0.29, 0.717) is 16.8 Å². The van der Waals surface area contributed by atoms with Crippen LogP contribution in [0.25, 0.3) is 16.8 Å². The smallest absolute Gasteiger partial charge is 0.241 e. The summed E-state index contributed by atoms with van der Waals surface area (Å²) in [5.74, 6) is 0. The standard InChI is InChI=1S/C22H24BrN3O2S/c23-20-10-8-18(9-11-20)5-4-14-24-13-1-2-15-26-29(27,28)22-7-3-6-19-17-25-16-12-21(19)22/h3-12,16-17,24,26H,1-2,13-15H2/b5-4+. The van der Waals surface area contributed by atoms with E-state index in [0.717, 1.165) is 41.4 Å². The Morgan fingerprint density at radius 3 is 2.62 bits per heavy atom. The van der Waals surface area contributed by atoms with Gasteiger partial charge in [0.15, 0.2) is 0 Å². The number of rotatable bonds is 10. The van der Waals surface area contributed by atoms with Gasteiger partial charge in [-0.3, -0.25) is 4.98 Å². The number of hydrogen-bond donors (Lipinski definition) is 2. The highest BCUT2D eigenvalue weighted by Crippen LogP contribution is 2.21. The number of benzene rings is 2. The minimum atomic E-state index is -3.53. The zero-order chi connectivity index (χ0) is 20.5. The zero-order valence-corrected chi connectivity index (χ0v) is 18.4. The number of unbranched alkanes of at least 4 members (excludes halogenated alkanes) is 1. The van der Waals surface area contributed by atoms with Crippen LogP contribution in [-0.4, -0.2) is 33.0 Å². The van der Waals surface area contributed by atoms with Gasteiger partial charge in [-0.25, -0.2) is 13.1 Å². The largest absolute Gasteiger partial charge is 0.313 e. The number of pyridine rings is 1. The molecule has 0 aliphatic heterocycles. The maximum Gasteiger partial charge on any atom is 0.241 e. The summed E-state index contributed by atoms with van der Waals surface area (Å²) in [7, 11) is -3.53. The molecule has 7 heteroatoms. The van der Waals surface area contributed by atoms with Crippen LogP contribution in [0, 0.1) is 0 Å². The van der Waals surface area contributed by atoms with E-state index in [4.69, 9.17) is 0 Å². The van der Waals surface area contributed by atoms with Crippen LogP contribution < -0.4 is 10.0 Å². The molecule has 0 saturated carbocycles. The van der Waals surface area contributed by atoms with Gasteiger partial charge in [0.25, 0.3) is 0 Å². The van der Waals surface area contributed by atoms with Gasteiger partial charge in [-0.15, -0.1) is 0 Å². The Hall–Kier alpha value is -2.06. The van der Waals surface area contributed by atoms with Crippen LogP contribution in [0.5, 0.6) is 0 Å². The average Bonchev–Trinajstić information content (AvgIpc) is 2.73. The molecule has 152 valence electrons. The van der Waals surface area contributed by atoms with Gasteiger partial charge in [-0.2, -0.15) is 0 Å². The van der Waals surface area contributed by atoms with Gasteiger partial charge in [0.1, 0.15) is 0 Å². The Bertz CT molecular complexity index is 1060. The summed E-state index contributed by atoms with van der Waals surface area (Å²) in [5, 5.41) is 4.84. The third-order valence-corrected chi connectivity index (χ3v) is 6.49. The number of nitrogens with one attached hydrogen (secondary N) is 2. The van der Waals surface area contributed by atoms with Crippen molar-refractivity contribution >= 4 is 42.8 Å². The van der Waals surface area contributed by atoms with Crippen LogP contribution in [0.3, 0.4) is 0 Å². The lowest BCUT2D eigenvalue weighted by atomic mass is 10.2. The molecule has 3 rings (SSSR count). The first kappa shape index (κ1) is 21.6. The molecule has 0 atom stereocenters. The summed E-state index contributed by atoms with van der Waals surface area (Å²) in [6, 6.07) is 15.1. The van der Waals surface area contributed by atoms with Crippen LogP contribution in [0.4, 0.5) is 0 Å². The van der Waals surface area contributed by atoms with Gasteiger partial charge in [0, 0.05) is 40.7 Å². The summed E-state index contributed by atoms with van der Waals surface area (Å²) in [6.45, 7) is 2.04. The molecular weight excluding hydrogens is 450 g/mol. The predicted molar refractivity (Wildman–Crippen MR) is 122 cm³/mol. The third kappa shape index (κ3) is 6.47. The van der Waals surface area contributed by atoms with Crippen molar-refractivity contribution in [2.75, 3.05) is 19.6 Å². The van der Waals surface area contributed by atoms with Gasteiger partial charge in [-0.1, -0.05) is 52.3 Å². The third-order valence-electron chi connectivity index (χ3n) is 4.45. The molecule has 0 aliphatic rings. The van der Waals surface area contributed by atoms with Gasteiger partial charge in [-0.05, 0) is 49.2 Å². The van der Waals surface area contributed by atoms with Crippen molar-refractivity contribution in [3.05, 3.63) is 77.0 Å². The average molecular weight is 474 g/mol. The predicted octanol–water partition coefficient (Wildman–Crippen LogP) is 4.36. The summed E-state index contributed by atoms with van der Waals surface area (Å²) in [6.07, 6.45) is 9.11. The molecule has 2 N–H and O–H groups in total. The highest BCUT2D eigenvalue weighted by Gasteiger charge is 2.16. The second-order valence-corrected chi connectivity index (χ2v) is 9.27. The lowest BCUT2D eigenvalue weighted by Gasteiger charge is -2.09. The molecule has 1 heterocycles. The van der Waals surface area contributed by atoms with E-state index in [2.05, 4.69) is 55.2 Å². The second-order valence-electron chi connectivity index (χ2n) is 6.62. The molecule has 0 fully saturated rings. The van der Waals surface area contributed by atoms with Crippen LogP contribution in [0.1, 0.15) is 18.4 Å². The molecule has 0 unspecified atom stereocenters. The second kappa shape index (κ2) is 10.6. The fourth-order valence-corrected chi connectivity index (χ4v) is 4.51. The summed E-state index contributed by atoms with van der Waals surface area (Å²) in [5.41, 5.74) is 1.16. The highest BCUT2D eigenvalue weighted by atomic mass is 79.9. The van der Waals surface area contributed by atoms with Crippen LogP contribution in [0.15, 0.2) is 76.4 Å². The molecule has 0 amide bonds. The van der Waals surface area contributed by atoms with Crippen molar-refractivity contribution in [2.45, 2.75) is 17.7 Å². The molecule has 1 aromatic heterocycles. The Labute approximate surface area is 180 Å². The lowest BCUT2D eigenvalue weighted by Crippen LogP contribution is -2.26. The summed E-state index contributed by atoms with van der Waals surface area (Å²) < 4.78 is 29.0. The van der Waals surface area contributed by atoms with E-state index in [-0.39, 0.29) is 0 Å². The first-order chi connectivity index (χ1) is 14.1. The van der Waals surface area contributed by atoms with Gasteiger partial charge >= 0.3 is 0 Å². The quantitative estimate of drug-likeness (QED) is 0.429. The van der Waals surface area contributed by atoms with Crippen LogP contribution >= 0.6 is 15.9 Å². The number of aromatic nitrogens is 1. The first-order valence-corrected chi connectivity index (χ1v) is 11.8. The van der Waals surface area contributed by atoms with E-state index in [1.807, 2.05) is 18.2 Å². The van der Waals surface area contributed by atoms with Crippen LogP contribution in [0.2, 0.25) is 0 Å². The van der Waals surface area contributed by atoms with Crippen molar-refractivity contribution in [1.29, 1.82) is 0 Å². The van der Waals surface area contributed by atoms with Crippen molar-refractivity contribution < 1.29 is 8.42 Å². The molecular formula is C22H24BrN3O2S. The zero-order valence-electron chi connectivity index (χ0n) is 16.0. The number of nitrogens with zero attached hydrogens (tertiary/aromatic N) is 1. The number of halogens is 1. The topological polar surface area (TPSA) is 71.1 Å². The molecule has 2 aromatic carbocycles. The van der Waals surface area contributed by atoms with Gasteiger partial charge in [0.2, 0.25) is 10.0 Å². The summed E-state index contributed by atoms with van der Waals surface area (Å²) >= 11 is 3.42. The fraction of sp³-hybridized carbons (Fsp3) is 0.227. The van der Waals surface area contributed by atoms with Crippen molar-refractivity contribution in [3.63, 3.8) is 0 Å². The van der Waals surface area contributed by atoms with E-state index in [1.165, 1.54) is 0 Å². The first-order valence-electron chi connectivity index (χ1n) is 9.51. The maximum atomic E-state index is 12.6. The molecule has 0 radical (unpaired) electrons. The highest BCUT2D eigenvalue weighted by molar-refractivity contribution is 9.10. The number of sulfonamides is 1. The number of hydrogen-bond acceptors (Lipinski definition) is 4. The molecule has 3 aromatic rings. The Morgan fingerprint density at radius 1 is 1.00 bits per heavy atom. The molecule has 0 bridgehead atoms. The summed E-state index contributed by atoms with van der Waals surface area (Å²) in [4.78, 5) is 4.34. The Balaban J connectivity index is 1.37. The van der Waals surface area contributed by atoms with Gasteiger partial charge in [0.05, 0.1) is 4.90 Å². The van der Waals surface area contributed by atoms with E-state index >= 15 is 0 Å². The van der Waals surface area contributed by atoms with E-state index < -0.39 is 10.0 Å². The van der Waals surface area contributed by atoms with Crippen LogP contribution in [-0.2, 0) is 10.0 Å². The molecule has 0 spiro atoms. The van der Waals surface area contributed by atoms with Crippen molar-refractivity contribution in [3.8, 4) is 0 Å². The molecule has 5 nitrogen and oxygen atoms in total. The Kier molecular flexibility index (Phi) is 7.94. The Morgan fingerprint density at radius 2 is 1.79 bits per heavy atom. The number of fused-ring (bicyclic) bond motifs is 1. The normalized spacial score (nSPS) is 12.0. The monoisotopic (exact) mass is 473 g/mol. The molecule has 29 heavy (non-hydrogen) atoms. The van der Waals surface area contributed by atoms with E-state index in [9.17, 15) is 8.42 Å². The fourth-order valence-electron chi connectivity index (χ4n) is 2.94.